The lowest BCUT2D eigenvalue weighted by Crippen LogP contribution is -2.16. The second kappa shape index (κ2) is 5.20. The largest absolute Gasteiger partial charge is 0.325 e. The molecule has 2 rings (SSSR count). The Morgan fingerprint density at radius 2 is 2.00 bits per heavy atom. The number of halogens is 1. The van der Waals surface area contributed by atoms with E-state index in [-0.39, 0.29) is 11.4 Å². The highest BCUT2D eigenvalue weighted by atomic mass is 35.5. The van der Waals surface area contributed by atoms with Gasteiger partial charge >= 0.3 is 0 Å². The summed E-state index contributed by atoms with van der Waals surface area (Å²) in [6.45, 7) is 1.67. The second-order valence-corrected chi connectivity index (χ2v) is 6.00. The summed E-state index contributed by atoms with van der Waals surface area (Å²) in [6, 6.07) is 6.37. The second-order valence-electron chi connectivity index (χ2n) is 3.94. The zero-order chi connectivity index (χ0) is 14.0. The standard InChI is InChI=1S/C11H13ClN4O2S/c1-7-11(10(6-13)15-14-7)19(17,18)16-9-4-2-8(12)3-5-9/h2-5,16H,6,13H2,1H3,(H,14,15). The van der Waals surface area contributed by atoms with E-state index in [1.54, 1.807) is 31.2 Å². The molecule has 102 valence electrons. The fourth-order valence-electron chi connectivity index (χ4n) is 1.69. The van der Waals surface area contributed by atoms with Gasteiger partial charge in [-0.1, -0.05) is 11.6 Å². The fourth-order valence-corrected chi connectivity index (χ4v) is 3.25. The molecule has 0 bridgehead atoms. The van der Waals surface area contributed by atoms with Crippen LogP contribution in [0.3, 0.4) is 0 Å². The first-order valence-corrected chi connectivity index (χ1v) is 7.32. The van der Waals surface area contributed by atoms with Crippen molar-refractivity contribution in [1.29, 1.82) is 0 Å². The predicted molar refractivity (Wildman–Crippen MR) is 73.5 cm³/mol. The van der Waals surface area contributed by atoms with Crippen LogP contribution in [0.2, 0.25) is 5.02 Å². The Morgan fingerprint density at radius 1 is 1.37 bits per heavy atom. The number of anilines is 1. The molecule has 0 saturated carbocycles. The lowest BCUT2D eigenvalue weighted by atomic mass is 10.3. The first-order valence-electron chi connectivity index (χ1n) is 5.46. The van der Waals surface area contributed by atoms with Crippen LogP contribution in [-0.4, -0.2) is 18.6 Å². The number of nitrogens with zero attached hydrogens (tertiary/aromatic N) is 1. The lowest BCUT2D eigenvalue weighted by molar-refractivity contribution is 0.599. The number of nitrogens with one attached hydrogen (secondary N) is 2. The Balaban J connectivity index is 2.37. The van der Waals surface area contributed by atoms with Crippen LogP contribution >= 0.6 is 11.6 Å². The van der Waals surface area contributed by atoms with Crippen LogP contribution < -0.4 is 10.5 Å². The number of sulfonamides is 1. The molecule has 0 unspecified atom stereocenters. The van der Waals surface area contributed by atoms with E-state index in [1.807, 2.05) is 0 Å². The SMILES string of the molecule is Cc1[nH]nc(CN)c1S(=O)(=O)Nc1ccc(Cl)cc1. The van der Waals surface area contributed by atoms with Gasteiger partial charge in [-0.25, -0.2) is 8.42 Å². The molecule has 0 amide bonds. The highest BCUT2D eigenvalue weighted by molar-refractivity contribution is 7.92. The third-order valence-corrected chi connectivity index (χ3v) is 4.36. The first kappa shape index (κ1) is 13.9. The monoisotopic (exact) mass is 300 g/mol. The Labute approximate surface area is 116 Å². The molecule has 6 nitrogen and oxygen atoms in total. The average Bonchev–Trinajstić information content (AvgIpc) is 2.74. The maximum Gasteiger partial charge on any atom is 0.265 e. The fraction of sp³-hybridized carbons (Fsp3) is 0.182. The van der Waals surface area contributed by atoms with Gasteiger partial charge < -0.3 is 5.73 Å². The number of hydrogen-bond donors (Lipinski definition) is 3. The van der Waals surface area contributed by atoms with Gasteiger partial charge in [0.2, 0.25) is 0 Å². The highest BCUT2D eigenvalue weighted by Crippen LogP contribution is 2.22. The van der Waals surface area contributed by atoms with E-state index >= 15 is 0 Å². The maximum atomic E-state index is 12.3. The van der Waals surface area contributed by atoms with Crippen molar-refractivity contribution in [3.05, 3.63) is 40.7 Å². The number of rotatable bonds is 4. The number of benzene rings is 1. The molecular formula is C11H13ClN4O2S. The average molecular weight is 301 g/mol. The van der Waals surface area contributed by atoms with Gasteiger partial charge in [-0.05, 0) is 31.2 Å². The zero-order valence-corrected chi connectivity index (χ0v) is 11.7. The molecule has 19 heavy (non-hydrogen) atoms. The minimum absolute atomic E-state index is 0.0429. The van der Waals surface area contributed by atoms with E-state index in [0.29, 0.717) is 22.1 Å². The molecule has 0 aliphatic heterocycles. The van der Waals surface area contributed by atoms with Crippen molar-refractivity contribution in [3.8, 4) is 0 Å². The molecule has 0 radical (unpaired) electrons. The Morgan fingerprint density at radius 3 is 2.58 bits per heavy atom. The van der Waals surface area contributed by atoms with Crippen molar-refractivity contribution in [3.63, 3.8) is 0 Å². The van der Waals surface area contributed by atoms with E-state index in [1.165, 1.54) is 0 Å². The van der Waals surface area contributed by atoms with Crippen molar-refractivity contribution in [2.75, 3.05) is 4.72 Å². The van der Waals surface area contributed by atoms with Gasteiger partial charge in [-0.3, -0.25) is 9.82 Å². The van der Waals surface area contributed by atoms with Crippen LogP contribution in [0.5, 0.6) is 0 Å². The van der Waals surface area contributed by atoms with Crippen LogP contribution in [-0.2, 0) is 16.6 Å². The lowest BCUT2D eigenvalue weighted by Gasteiger charge is -2.08. The highest BCUT2D eigenvalue weighted by Gasteiger charge is 2.23. The molecule has 0 fully saturated rings. The topological polar surface area (TPSA) is 101 Å². The molecule has 0 aliphatic rings. The van der Waals surface area contributed by atoms with Crippen LogP contribution in [0.25, 0.3) is 0 Å². The summed E-state index contributed by atoms with van der Waals surface area (Å²) < 4.78 is 27.0. The third-order valence-electron chi connectivity index (χ3n) is 2.52. The minimum atomic E-state index is -3.72. The molecule has 0 aliphatic carbocycles. The Kier molecular flexibility index (Phi) is 3.79. The van der Waals surface area contributed by atoms with E-state index < -0.39 is 10.0 Å². The van der Waals surface area contributed by atoms with Gasteiger partial charge in [0.1, 0.15) is 4.90 Å². The third kappa shape index (κ3) is 2.89. The molecular weight excluding hydrogens is 288 g/mol. The van der Waals surface area contributed by atoms with Crippen LogP contribution in [0, 0.1) is 6.92 Å². The molecule has 2 aromatic rings. The van der Waals surface area contributed by atoms with Crippen LogP contribution in [0.15, 0.2) is 29.2 Å². The summed E-state index contributed by atoms with van der Waals surface area (Å²) >= 11 is 5.75. The maximum absolute atomic E-state index is 12.3. The van der Waals surface area contributed by atoms with Gasteiger partial charge in [0.05, 0.1) is 11.4 Å². The number of aryl methyl sites for hydroxylation is 1. The number of hydrogen-bond acceptors (Lipinski definition) is 4. The summed E-state index contributed by atoms with van der Waals surface area (Å²) in [5, 5.41) is 7.02. The summed E-state index contributed by atoms with van der Waals surface area (Å²) in [5.74, 6) is 0. The summed E-state index contributed by atoms with van der Waals surface area (Å²) in [5.41, 5.74) is 6.66. The van der Waals surface area contributed by atoms with Crippen molar-refractivity contribution in [1.82, 2.24) is 10.2 Å². The Hall–Kier alpha value is -1.57. The summed E-state index contributed by atoms with van der Waals surface area (Å²) in [4.78, 5) is 0.0879. The first-order chi connectivity index (χ1) is 8.94. The smallest absolute Gasteiger partial charge is 0.265 e. The van der Waals surface area contributed by atoms with Gasteiger partial charge in [0.15, 0.2) is 0 Å². The van der Waals surface area contributed by atoms with E-state index in [9.17, 15) is 8.42 Å². The molecule has 0 atom stereocenters. The molecule has 8 heteroatoms. The minimum Gasteiger partial charge on any atom is -0.325 e. The van der Waals surface area contributed by atoms with Crippen LogP contribution in [0.1, 0.15) is 11.4 Å². The van der Waals surface area contributed by atoms with Gasteiger partial charge in [0, 0.05) is 17.3 Å². The van der Waals surface area contributed by atoms with E-state index in [0.717, 1.165) is 0 Å². The van der Waals surface area contributed by atoms with Gasteiger partial charge in [-0.2, -0.15) is 5.10 Å². The molecule has 1 heterocycles. The zero-order valence-electron chi connectivity index (χ0n) is 10.1. The molecule has 1 aromatic heterocycles. The quantitative estimate of drug-likeness (QED) is 0.799. The molecule has 1 aromatic carbocycles. The Bertz CT molecular complexity index is 679. The van der Waals surface area contributed by atoms with Crippen molar-refractivity contribution >= 4 is 27.3 Å². The van der Waals surface area contributed by atoms with Crippen molar-refractivity contribution in [2.24, 2.45) is 5.73 Å². The van der Waals surface area contributed by atoms with Crippen molar-refractivity contribution in [2.45, 2.75) is 18.4 Å². The molecule has 0 saturated heterocycles. The number of nitrogens with two attached hydrogens (primary N) is 1. The number of H-pyrrole nitrogens is 1. The summed E-state index contributed by atoms with van der Waals surface area (Å²) in [6.07, 6.45) is 0. The normalized spacial score (nSPS) is 11.5. The molecule has 0 spiro atoms. The summed E-state index contributed by atoms with van der Waals surface area (Å²) in [7, 11) is -3.72. The number of aromatic amines is 1. The van der Waals surface area contributed by atoms with Crippen LogP contribution in [0.4, 0.5) is 5.69 Å². The predicted octanol–water partition coefficient (Wildman–Crippen LogP) is 1.63. The van der Waals surface area contributed by atoms with E-state index in [2.05, 4.69) is 14.9 Å². The van der Waals surface area contributed by atoms with Crippen molar-refractivity contribution < 1.29 is 8.42 Å². The molecule has 4 N–H and O–H groups in total. The van der Waals surface area contributed by atoms with Gasteiger partial charge in [0.25, 0.3) is 10.0 Å². The van der Waals surface area contributed by atoms with Gasteiger partial charge in [-0.15, -0.1) is 0 Å². The number of aromatic nitrogens is 2. The van der Waals surface area contributed by atoms with E-state index in [4.69, 9.17) is 17.3 Å².